The summed E-state index contributed by atoms with van der Waals surface area (Å²) in [5.41, 5.74) is 1.87. The highest BCUT2D eigenvalue weighted by atomic mass is 32.1. The van der Waals surface area contributed by atoms with Gasteiger partial charge in [-0.2, -0.15) is 13.2 Å². The van der Waals surface area contributed by atoms with Crippen molar-refractivity contribution in [1.82, 2.24) is 20.6 Å². The molecule has 1 aliphatic heterocycles. The van der Waals surface area contributed by atoms with Crippen LogP contribution in [0.25, 0.3) is 10.6 Å². The molecule has 0 saturated carbocycles. The first-order chi connectivity index (χ1) is 19.7. The van der Waals surface area contributed by atoms with Crippen molar-refractivity contribution < 1.29 is 32.4 Å². The van der Waals surface area contributed by atoms with Gasteiger partial charge in [-0.15, -0.1) is 15.3 Å². The van der Waals surface area contributed by atoms with Crippen molar-refractivity contribution in [1.29, 1.82) is 0 Å². The van der Waals surface area contributed by atoms with Crippen LogP contribution in [-0.4, -0.2) is 57.8 Å². The maximum Gasteiger partial charge on any atom is 0.492 e. The standard InChI is InChI=1S/C28H28F3N5O4S/c29-28(30,31)26(39)40-36-18-8-7-13-22(36)24(38)32-21(15-14-19-9-3-1-4-10-19)16-17-23(37)33-27-35-34-25(41-27)20-11-5-2-6-12-20/h1-6,9-12,16-17,21-22H,7-8,13-15,18H2,(H,32,38)(H,33,35,37)/b17-16+/t21-,22-/m0/s1. The molecule has 4 rings (SSSR count). The van der Waals surface area contributed by atoms with Crippen molar-refractivity contribution in [2.75, 3.05) is 11.9 Å². The fourth-order valence-corrected chi connectivity index (χ4v) is 4.97. The van der Waals surface area contributed by atoms with E-state index in [2.05, 4.69) is 25.7 Å². The molecule has 0 radical (unpaired) electrons. The molecular formula is C28H28F3N5O4S. The number of amides is 2. The van der Waals surface area contributed by atoms with Gasteiger partial charge >= 0.3 is 12.1 Å². The summed E-state index contributed by atoms with van der Waals surface area (Å²) in [6.45, 7) is -0.000345. The largest absolute Gasteiger partial charge is 0.492 e. The zero-order valence-corrected chi connectivity index (χ0v) is 22.7. The second-order valence-electron chi connectivity index (χ2n) is 9.29. The Labute approximate surface area is 238 Å². The molecule has 2 amide bonds. The van der Waals surface area contributed by atoms with Crippen molar-refractivity contribution >= 4 is 34.3 Å². The third kappa shape index (κ3) is 8.95. The van der Waals surface area contributed by atoms with Crippen LogP contribution < -0.4 is 10.6 Å². The van der Waals surface area contributed by atoms with Crippen LogP contribution in [0.1, 0.15) is 31.2 Å². The second-order valence-corrected chi connectivity index (χ2v) is 10.3. The van der Waals surface area contributed by atoms with Gasteiger partial charge in [-0.3, -0.25) is 14.9 Å². The first-order valence-corrected chi connectivity index (χ1v) is 13.8. The Balaban J connectivity index is 1.42. The number of carbonyl (C=O) groups excluding carboxylic acids is 3. The molecule has 2 aromatic carbocycles. The first-order valence-electron chi connectivity index (χ1n) is 13.0. The van der Waals surface area contributed by atoms with Gasteiger partial charge in [0.05, 0.1) is 0 Å². The Morgan fingerprint density at radius 3 is 2.46 bits per heavy atom. The van der Waals surface area contributed by atoms with E-state index in [4.69, 9.17) is 0 Å². The summed E-state index contributed by atoms with van der Waals surface area (Å²) in [7, 11) is 0. The average Bonchev–Trinajstić information content (AvgIpc) is 3.43. The molecule has 2 atom stereocenters. The predicted octanol–water partition coefficient (Wildman–Crippen LogP) is 4.69. The lowest BCUT2D eigenvalue weighted by molar-refractivity contribution is -0.248. The van der Waals surface area contributed by atoms with Gasteiger partial charge in [-0.25, -0.2) is 4.79 Å². The van der Waals surface area contributed by atoms with E-state index in [1.807, 2.05) is 60.7 Å². The van der Waals surface area contributed by atoms with E-state index in [0.717, 1.165) is 16.2 Å². The van der Waals surface area contributed by atoms with Crippen LogP contribution in [0.2, 0.25) is 0 Å². The van der Waals surface area contributed by atoms with Crippen molar-refractivity contribution in [3.8, 4) is 10.6 Å². The number of rotatable bonds is 10. The Bertz CT molecular complexity index is 1350. The number of halogens is 3. The van der Waals surface area contributed by atoms with Gasteiger partial charge in [0.2, 0.25) is 16.9 Å². The number of aromatic nitrogens is 2. The molecular weight excluding hydrogens is 559 g/mol. The average molecular weight is 588 g/mol. The number of nitrogens with zero attached hydrogens (tertiary/aromatic N) is 3. The summed E-state index contributed by atoms with van der Waals surface area (Å²) in [5.74, 6) is -3.46. The number of aryl methyl sites for hydroxylation is 1. The van der Waals surface area contributed by atoms with Crippen LogP contribution in [-0.2, 0) is 25.6 Å². The van der Waals surface area contributed by atoms with Crippen molar-refractivity contribution in [2.45, 2.75) is 50.4 Å². The topological polar surface area (TPSA) is 114 Å². The molecule has 1 saturated heterocycles. The molecule has 1 aliphatic rings. The molecule has 1 fully saturated rings. The van der Waals surface area contributed by atoms with Gasteiger partial charge < -0.3 is 10.2 Å². The van der Waals surface area contributed by atoms with E-state index in [9.17, 15) is 27.6 Å². The lowest BCUT2D eigenvalue weighted by Crippen LogP contribution is -2.53. The molecule has 0 spiro atoms. The molecule has 0 unspecified atom stereocenters. The number of hydroxylamine groups is 2. The number of carbonyl (C=O) groups is 3. The maximum atomic E-state index is 13.2. The monoisotopic (exact) mass is 587 g/mol. The summed E-state index contributed by atoms with van der Waals surface area (Å²) in [5, 5.41) is 15.3. The van der Waals surface area contributed by atoms with Crippen molar-refractivity contribution in [3.05, 3.63) is 78.4 Å². The summed E-state index contributed by atoms with van der Waals surface area (Å²) in [6.07, 6.45) is -0.152. The molecule has 0 bridgehead atoms. The van der Waals surface area contributed by atoms with Crippen LogP contribution in [0.5, 0.6) is 0 Å². The van der Waals surface area contributed by atoms with E-state index in [0.29, 0.717) is 35.8 Å². The fraction of sp³-hybridized carbons (Fsp3) is 0.321. The van der Waals surface area contributed by atoms with Crippen molar-refractivity contribution in [3.63, 3.8) is 0 Å². The maximum absolute atomic E-state index is 13.2. The Hall–Kier alpha value is -4.10. The Kier molecular flexibility index (Phi) is 10.2. The Morgan fingerprint density at radius 1 is 1.05 bits per heavy atom. The lowest BCUT2D eigenvalue weighted by atomic mass is 10.0. The number of hydrogen-bond donors (Lipinski definition) is 2. The minimum Gasteiger partial charge on any atom is -0.360 e. The third-order valence-electron chi connectivity index (χ3n) is 6.26. The fourth-order valence-electron chi connectivity index (χ4n) is 4.22. The first kappa shape index (κ1) is 29.9. The molecule has 3 aromatic rings. The molecule has 2 N–H and O–H groups in total. The summed E-state index contributed by atoms with van der Waals surface area (Å²) < 4.78 is 38.3. The highest BCUT2D eigenvalue weighted by Gasteiger charge is 2.44. The summed E-state index contributed by atoms with van der Waals surface area (Å²) >= 11 is 1.21. The normalized spacial score (nSPS) is 16.7. The highest BCUT2D eigenvalue weighted by molar-refractivity contribution is 7.18. The van der Waals surface area contributed by atoms with Gasteiger partial charge in [0.15, 0.2) is 0 Å². The van der Waals surface area contributed by atoms with Gasteiger partial charge in [0.25, 0.3) is 0 Å². The number of alkyl halides is 3. The molecule has 2 heterocycles. The highest BCUT2D eigenvalue weighted by Crippen LogP contribution is 2.26. The number of hydrogen-bond acceptors (Lipinski definition) is 8. The molecule has 1 aromatic heterocycles. The molecule has 9 nitrogen and oxygen atoms in total. The van der Waals surface area contributed by atoms with Gasteiger partial charge in [-0.05, 0) is 37.7 Å². The van der Waals surface area contributed by atoms with E-state index in [1.54, 1.807) is 0 Å². The Morgan fingerprint density at radius 2 is 1.76 bits per heavy atom. The van der Waals surface area contributed by atoms with Gasteiger partial charge in [-0.1, -0.05) is 78.1 Å². The van der Waals surface area contributed by atoms with Crippen LogP contribution in [0.15, 0.2) is 72.8 Å². The predicted molar refractivity (Wildman–Crippen MR) is 146 cm³/mol. The van der Waals surface area contributed by atoms with Crippen LogP contribution >= 0.6 is 11.3 Å². The van der Waals surface area contributed by atoms with E-state index in [1.165, 1.54) is 23.5 Å². The summed E-state index contributed by atoms with van der Waals surface area (Å²) in [6, 6.07) is 17.1. The zero-order valence-electron chi connectivity index (χ0n) is 21.8. The molecule has 41 heavy (non-hydrogen) atoms. The van der Waals surface area contributed by atoms with E-state index >= 15 is 0 Å². The number of benzene rings is 2. The smallest absolute Gasteiger partial charge is 0.360 e. The van der Waals surface area contributed by atoms with Crippen LogP contribution in [0.4, 0.5) is 18.3 Å². The lowest BCUT2D eigenvalue weighted by Gasteiger charge is -2.33. The van der Waals surface area contributed by atoms with Crippen LogP contribution in [0, 0.1) is 0 Å². The quantitative estimate of drug-likeness (QED) is 0.331. The zero-order chi connectivity index (χ0) is 29.2. The van der Waals surface area contributed by atoms with Crippen LogP contribution in [0.3, 0.4) is 0 Å². The number of anilines is 1. The van der Waals surface area contributed by atoms with Crippen molar-refractivity contribution in [2.24, 2.45) is 0 Å². The number of piperidine rings is 1. The third-order valence-corrected chi connectivity index (χ3v) is 7.15. The molecule has 216 valence electrons. The minimum absolute atomic E-state index is 0.000345. The SMILES string of the molecule is O=C(/C=C/[C@H](CCc1ccccc1)NC(=O)[C@@H]1CCCCN1OC(=O)C(F)(F)F)Nc1nnc(-c2ccccc2)s1. The number of nitrogens with one attached hydrogen (secondary N) is 2. The van der Waals surface area contributed by atoms with E-state index < -0.39 is 36.0 Å². The minimum atomic E-state index is -5.18. The summed E-state index contributed by atoms with van der Waals surface area (Å²) in [4.78, 5) is 41.7. The van der Waals surface area contributed by atoms with Gasteiger partial charge in [0, 0.05) is 24.2 Å². The molecule has 13 heteroatoms. The molecule has 0 aliphatic carbocycles. The van der Waals surface area contributed by atoms with Gasteiger partial charge in [0.1, 0.15) is 11.0 Å². The van der Waals surface area contributed by atoms with E-state index in [-0.39, 0.29) is 13.0 Å². The second kappa shape index (κ2) is 14.0.